The van der Waals surface area contributed by atoms with Gasteiger partial charge < -0.3 is 0 Å². The highest BCUT2D eigenvalue weighted by molar-refractivity contribution is 5.99. The maximum Gasteiger partial charge on any atom is 0.243 e. The number of benzene rings is 3. The molecule has 1 N–H and O–H groups in total. The van der Waals surface area contributed by atoms with Crippen LogP contribution in [0.2, 0.25) is 0 Å². The molecule has 3 nitrogen and oxygen atoms in total. The highest BCUT2D eigenvalue weighted by atomic mass is 16.2. The van der Waals surface area contributed by atoms with Crippen LogP contribution in [0.15, 0.2) is 90.0 Å². The molecule has 27 heavy (non-hydrogen) atoms. The highest BCUT2D eigenvalue weighted by Crippen LogP contribution is 2.47. The summed E-state index contributed by atoms with van der Waals surface area (Å²) in [5, 5.41) is 4.30. The van der Waals surface area contributed by atoms with E-state index < -0.39 is 0 Å². The summed E-state index contributed by atoms with van der Waals surface area (Å²) in [7, 11) is 0. The van der Waals surface area contributed by atoms with E-state index in [0.717, 1.165) is 17.7 Å². The van der Waals surface area contributed by atoms with Crippen molar-refractivity contribution in [3.63, 3.8) is 0 Å². The molecule has 0 saturated heterocycles. The van der Waals surface area contributed by atoms with Crippen LogP contribution in [0.3, 0.4) is 0 Å². The smallest absolute Gasteiger partial charge is 0.243 e. The summed E-state index contributed by atoms with van der Waals surface area (Å²) >= 11 is 0. The van der Waals surface area contributed by atoms with Crippen LogP contribution in [-0.4, -0.2) is 11.6 Å². The third-order valence-electron chi connectivity index (χ3n) is 5.10. The van der Waals surface area contributed by atoms with Gasteiger partial charge in [-0.2, -0.15) is 5.10 Å². The topological polar surface area (TPSA) is 41.5 Å². The molecular formula is C24H22N2O. The molecule has 4 rings (SSSR count). The monoisotopic (exact) mass is 354 g/mol. The Balaban J connectivity index is 1.38. The molecule has 3 heteroatoms. The quantitative estimate of drug-likeness (QED) is 0.508. The number of carbonyl (C=O) groups excluding carboxylic acids is 1. The second-order valence-electron chi connectivity index (χ2n) is 6.98. The molecule has 134 valence electrons. The minimum atomic E-state index is 0.00380. The van der Waals surface area contributed by atoms with E-state index in [1.807, 2.05) is 55.5 Å². The second-order valence-corrected chi connectivity index (χ2v) is 6.98. The third kappa shape index (κ3) is 3.98. The van der Waals surface area contributed by atoms with Gasteiger partial charge in [-0.05, 0) is 41.5 Å². The standard InChI is InChI=1S/C24H22N2O/c1-17(18-12-14-20(15-13-18)19-8-4-2-5-9-19)25-26-24(27)23-16-22(23)21-10-6-3-7-11-21/h2-15,22-23H,16H2,1H3,(H,26,27)/b25-17-/t22-,23-/m0/s1. The molecule has 0 aliphatic heterocycles. The van der Waals surface area contributed by atoms with Crippen molar-refractivity contribution >= 4 is 11.6 Å². The lowest BCUT2D eigenvalue weighted by Crippen LogP contribution is -2.21. The zero-order chi connectivity index (χ0) is 18.6. The molecule has 1 saturated carbocycles. The maximum atomic E-state index is 12.3. The number of hydrogen-bond donors (Lipinski definition) is 1. The Morgan fingerprint density at radius 1 is 0.852 bits per heavy atom. The zero-order valence-corrected chi connectivity index (χ0v) is 15.3. The van der Waals surface area contributed by atoms with Crippen molar-refractivity contribution < 1.29 is 4.79 Å². The van der Waals surface area contributed by atoms with Crippen LogP contribution in [0.25, 0.3) is 11.1 Å². The van der Waals surface area contributed by atoms with Gasteiger partial charge in [0.05, 0.1) is 5.71 Å². The molecule has 0 bridgehead atoms. The molecular weight excluding hydrogens is 332 g/mol. The SMILES string of the molecule is C/C(=N/NC(=O)[C@H]1C[C@H]1c1ccccc1)c1ccc(-c2ccccc2)cc1. The Kier molecular flexibility index (Phi) is 4.84. The molecule has 3 aromatic rings. The maximum absolute atomic E-state index is 12.3. The van der Waals surface area contributed by atoms with Crippen molar-refractivity contribution in [2.24, 2.45) is 11.0 Å². The summed E-state index contributed by atoms with van der Waals surface area (Å²) in [4.78, 5) is 12.3. The number of hydrazone groups is 1. The Morgan fingerprint density at radius 2 is 1.44 bits per heavy atom. The minimum Gasteiger partial charge on any atom is -0.273 e. The lowest BCUT2D eigenvalue weighted by atomic mass is 10.0. The van der Waals surface area contributed by atoms with Crippen LogP contribution in [0.1, 0.15) is 30.4 Å². The average Bonchev–Trinajstić information content (AvgIpc) is 3.54. The minimum absolute atomic E-state index is 0.00380. The second kappa shape index (κ2) is 7.58. The van der Waals surface area contributed by atoms with Gasteiger partial charge in [0.2, 0.25) is 5.91 Å². The van der Waals surface area contributed by atoms with Crippen molar-refractivity contribution in [3.05, 3.63) is 96.1 Å². The average molecular weight is 354 g/mol. The predicted molar refractivity (Wildman–Crippen MR) is 110 cm³/mol. The summed E-state index contributed by atoms with van der Waals surface area (Å²) in [6.07, 6.45) is 0.899. The van der Waals surface area contributed by atoms with E-state index in [4.69, 9.17) is 0 Å². The molecule has 1 amide bonds. The molecule has 0 heterocycles. The summed E-state index contributed by atoms with van der Waals surface area (Å²) in [6, 6.07) is 28.7. The van der Waals surface area contributed by atoms with Crippen LogP contribution in [0.4, 0.5) is 0 Å². The van der Waals surface area contributed by atoms with E-state index >= 15 is 0 Å². The van der Waals surface area contributed by atoms with Crippen molar-refractivity contribution in [1.29, 1.82) is 0 Å². The summed E-state index contributed by atoms with van der Waals surface area (Å²) in [6.45, 7) is 1.92. The molecule has 0 aromatic heterocycles. The Bertz CT molecular complexity index is 947. The van der Waals surface area contributed by atoms with Gasteiger partial charge in [-0.1, -0.05) is 84.9 Å². The van der Waals surface area contributed by atoms with Crippen LogP contribution >= 0.6 is 0 Å². The summed E-state index contributed by atoms with van der Waals surface area (Å²) < 4.78 is 0. The predicted octanol–water partition coefficient (Wildman–Crippen LogP) is 5.00. The fraction of sp³-hybridized carbons (Fsp3) is 0.167. The molecule has 1 aliphatic carbocycles. The number of rotatable bonds is 5. The number of amides is 1. The van der Waals surface area contributed by atoms with Gasteiger partial charge in [0.15, 0.2) is 0 Å². The van der Waals surface area contributed by atoms with Gasteiger partial charge in [0.25, 0.3) is 0 Å². The van der Waals surface area contributed by atoms with Crippen molar-refractivity contribution in [2.45, 2.75) is 19.3 Å². The van der Waals surface area contributed by atoms with Gasteiger partial charge in [-0.3, -0.25) is 4.79 Å². The van der Waals surface area contributed by atoms with E-state index in [0.29, 0.717) is 5.92 Å². The van der Waals surface area contributed by atoms with Gasteiger partial charge in [-0.15, -0.1) is 0 Å². The van der Waals surface area contributed by atoms with Gasteiger partial charge >= 0.3 is 0 Å². The number of nitrogens with one attached hydrogen (secondary N) is 1. The van der Waals surface area contributed by atoms with Gasteiger partial charge in [0, 0.05) is 5.92 Å². The molecule has 0 radical (unpaired) electrons. The first-order valence-corrected chi connectivity index (χ1v) is 9.27. The normalized spacial score (nSPS) is 18.8. The Morgan fingerprint density at radius 3 is 2.11 bits per heavy atom. The van der Waals surface area contributed by atoms with E-state index in [1.54, 1.807) is 0 Å². The Hall–Kier alpha value is -3.20. The first kappa shape index (κ1) is 17.2. The summed E-state index contributed by atoms with van der Waals surface area (Å²) in [5.74, 6) is 0.361. The van der Waals surface area contributed by atoms with Crippen molar-refractivity contribution in [3.8, 4) is 11.1 Å². The molecule has 3 aromatic carbocycles. The van der Waals surface area contributed by atoms with Gasteiger partial charge in [-0.25, -0.2) is 5.43 Å². The lowest BCUT2D eigenvalue weighted by Gasteiger charge is -2.05. The molecule has 2 atom stereocenters. The van der Waals surface area contributed by atoms with E-state index in [9.17, 15) is 4.79 Å². The molecule has 0 spiro atoms. The first-order valence-electron chi connectivity index (χ1n) is 9.27. The fourth-order valence-electron chi connectivity index (χ4n) is 3.37. The van der Waals surface area contributed by atoms with Crippen LogP contribution in [0.5, 0.6) is 0 Å². The zero-order valence-electron chi connectivity index (χ0n) is 15.3. The lowest BCUT2D eigenvalue weighted by molar-refractivity contribution is -0.122. The molecule has 1 fully saturated rings. The van der Waals surface area contributed by atoms with Gasteiger partial charge in [0.1, 0.15) is 0 Å². The third-order valence-corrected chi connectivity index (χ3v) is 5.10. The largest absolute Gasteiger partial charge is 0.273 e. The number of hydrogen-bond acceptors (Lipinski definition) is 2. The fourth-order valence-corrected chi connectivity index (χ4v) is 3.37. The van der Waals surface area contributed by atoms with E-state index in [2.05, 4.69) is 46.9 Å². The van der Waals surface area contributed by atoms with Crippen molar-refractivity contribution in [2.75, 3.05) is 0 Å². The molecule has 1 aliphatic rings. The Labute approximate surface area is 159 Å². The van der Waals surface area contributed by atoms with Crippen LogP contribution < -0.4 is 5.43 Å². The van der Waals surface area contributed by atoms with Crippen LogP contribution in [0, 0.1) is 5.92 Å². The highest BCUT2D eigenvalue weighted by Gasteiger charge is 2.43. The number of carbonyl (C=O) groups is 1. The number of nitrogens with zero attached hydrogens (tertiary/aromatic N) is 1. The van der Waals surface area contributed by atoms with E-state index in [-0.39, 0.29) is 11.8 Å². The van der Waals surface area contributed by atoms with Crippen LogP contribution in [-0.2, 0) is 4.79 Å². The molecule has 0 unspecified atom stereocenters. The first-order chi connectivity index (χ1) is 13.2. The summed E-state index contributed by atoms with van der Waals surface area (Å²) in [5.41, 5.74) is 8.13. The van der Waals surface area contributed by atoms with Crippen molar-refractivity contribution in [1.82, 2.24) is 5.43 Å². The van der Waals surface area contributed by atoms with E-state index in [1.165, 1.54) is 16.7 Å².